The molecule has 234 valence electrons. The number of aromatic nitrogens is 3. The first-order valence-corrected chi connectivity index (χ1v) is 16.2. The predicted molar refractivity (Wildman–Crippen MR) is 184 cm³/mol. The zero-order valence-electron chi connectivity index (χ0n) is 27.7. The molecule has 0 saturated heterocycles. The van der Waals surface area contributed by atoms with E-state index in [2.05, 4.69) is 88.6 Å². The molecule has 0 spiro atoms. The van der Waals surface area contributed by atoms with Gasteiger partial charge in [0, 0.05) is 48.4 Å². The minimum absolute atomic E-state index is 0.0584. The van der Waals surface area contributed by atoms with E-state index in [1.54, 1.807) is 0 Å². The van der Waals surface area contributed by atoms with Gasteiger partial charge in [0.1, 0.15) is 11.4 Å². The molecular weight excluding hydrogens is 580 g/mol. The highest BCUT2D eigenvalue weighted by Gasteiger charge is 2.36. The van der Waals surface area contributed by atoms with Crippen molar-refractivity contribution in [3.8, 4) is 16.9 Å². The van der Waals surface area contributed by atoms with Crippen LogP contribution in [-0.2, 0) is 20.0 Å². The number of carbonyl (C=O) groups is 1. The lowest BCUT2D eigenvalue weighted by molar-refractivity contribution is 0.0663. The van der Waals surface area contributed by atoms with Gasteiger partial charge in [-0.3, -0.25) is 9.48 Å². The van der Waals surface area contributed by atoms with E-state index in [1.165, 1.54) is 22.3 Å². The van der Waals surface area contributed by atoms with Crippen molar-refractivity contribution in [1.82, 2.24) is 19.2 Å². The lowest BCUT2D eigenvalue weighted by Gasteiger charge is -2.34. The number of aryl methyl sites for hydroxylation is 6. The molecule has 0 saturated carbocycles. The van der Waals surface area contributed by atoms with Crippen molar-refractivity contribution in [3.05, 3.63) is 104 Å². The third kappa shape index (κ3) is 5.54. The highest BCUT2D eigenvalue weighted by molar-refractivity contribution is 6.35. The number of hydrogen-bond donors (Lipinski definition) is 0. The first kappa shape index (κ1) is 31.0. The van der Waals surface area contributed by atoms with Gasteiger partial charge in [0.25, 0.3) is 5.91 Å². The number of fused-ring (bicyclic) bond motifs is 3. The zero-order chi connectivity index (χ0) is 32.2. The van der Waals surface area contributed by atoms with Gasteiger partial charge < -0.3 is 14.2 Å². The average molecular weight is 623 g/mol. The molecule has 1 aliphatic heterocycles. The number of nitrogens with zero attached hydrogens (tertiary/aromatic N) is 4. The highest BCUT2D eigenvalue weighted by Crippen LogP contribution is 2.44. The summed E-state index contributed by atoms with van der Waals surface area (Å²) < 4.78 is 10.4. The van der Waals surface area contributed by atoms with Crippen LogP contribution in [0.3, 0.4) is 0 Å². The van der Waals surface area contributed by atoms with E-state index in [0.717, 1.165) is 62.4 Å². The first-order chi connectivity index (χ1) is 21.5. The van der Waals surface area contributed by atoms with Gasteiger partial charge in [-0.25, -0.2) is 0 Å². The average Bonchev–Trinajstić information content (AvgIpc) is 3.45. The molecule has 45 heavy (non-hydrogen) atoms. The Bertz CT molecular complexity index is 1930. The van der Waals surface area contributed by atoms with Crippen LogP contribution in [0.25, 0.3) is 22.0 Å². The topological polar surface area (TPSA) is 52.3 Å². The second kappa shape index (κ2) is 12.1. The lowest BCUT2D eigenvalue weighted by atomic mass is 9.98. The molecule has 7 heteroatoms. The number of halogens is 1. The Morgan fingerprint density at radius 3 is 2.38 bits per heavy atom. The third-order valence-electron chi connectivity index (χ3n) is 9.59. The van der Waals surface area contributed by atoms with Crippen molar-refractivity contribution in [2.24, 2.45) is 7.05 Å². The van der Waals surface area contributed by atoms with E-state index in [4.69, 9.17) is 21.4 Å². The molecule has 6 nitrogen and oxygen atoms in total. The molecule has 3 heterocycles. The summed E-state index contributed by atoms with van der Waals surface area (Å²) in [6.45, 7) is 16.6. The van der Waals surface area contributed by atoms with Gasteiger partial charge in [0.05, 0.1) is 22.8 Å². The Balaban J connectivity index is 1.44. The predicted octanol–water partition coefficient (Wildman–Crippen LogP) is 8.77. The lowest BCUT2D eigenvalue weighted by Crippen LogP contribution is -2.42. The SMILES string of the molecule is Cc1cccc(CN2C[C@H](C)n3c(c(CCCOc4cc(C)c(C)c(C)c4)c4ccc(Cl)c(-c5c(C)nn(C)c5C)c43)C2=O)c1. The molecular formula is C38H43ClN4O2. The minimum atomic E-state index is 0.0584. The van der Waals surface area contributed by atoms with E-state index in [-0.39, 0.29) is 11.9 Å². The Labute approximate surface area is 271 Å². The second-order valence-corrected chi connectivity index (χ2v) is 13.3. The Hall–Kier alpha value is -4.03. The number of ether oxygens (including phenoxy) is 1. The maximum Gasteiger partial charge on any atom is 0.271 e. The number of carbonyl (C=O) groups excluding carboxylic acids is 1. The van der Waals surface area contributed by atoms with Gasteiger partial charge >= 0.3 is 0 Å². The summed E-state index contributed by atoms with van der Waals surface area (Å²) in [7, 11) is 1.96. The summed E-state index contributed by atoms with van der Waals surface area (Å²) >= 11 is 7.04. The van der Waals surface area contributed by atoms with Crippen molar-refractivity contribution in [2.75, 3.05) is 13.2 Å². The fraction of sp³-hybridized carbons (Fsp3) is 0.368. The number of rotatable bonds is 8. The van der Waals surface area contributed by atoms with Crippen molar-refractivity contribution in [2.45, 2.75) is 73.9 Å². The van der Waals surface area contributed by atoms with E-state index >= 15 is 0 Å². The van der Waals surface area contributed by atoms with Crippen molar-refractivity contribution in [3.63, 3.8) is 0 Å². The van der Waals surface area contributed by atoms with Crippen LogP contribution < -0.4 is 4.74 Å². The summed E-state index contributed by atoms with van der Waals surface area (Å²) in [6, 6.07) is 16.8. The summed E-state index contributed by atoms with van der Waals surface area (Å²) in [4.78, 5) is 16.5. The van der Waals surface area contributed by atoms with Crippen LogP contribution >= 0.6 is 11.6 Å². The van der Waals surface area contributed by atoms with Crippen LogP contribution in [0.15, 0.2) is 48.5 Å². The van der Waals surface area contributed by atoms with Crippen LogP contribution in [0.1, 0.15) is 74.6 Å². The minimum Gasteiger partial charge on any atom is -0.494 e. The molecule has 2 aromatic heterocycles. The molecule has 1 aliphatic rings. The summed E-state index contributed by atoms with van der Waals surface area (Å²) in [6.07, 6.45) is 1.49. The molecule has 0 aliphatic carbocycles. The second-order valence-electron chi connectivity index (χ2n) is 12.8. The molecule has 1 atom stereocenters. The maximum atomic E-state index is 14.5. The number of benzene rings is 3. The van der Waals surface area contributed by atoms with Crippen LogP contribution in [0.5, 0.6) is 5.75 Å². The highest BCUT2D eigenvalue weighted by atomic mass is 35.5. The molecule has 0 fully saturated rings. The van der Waals surface area contributed by atoms with Gasteiger partial charge in [-0.1, -0.05) is 47.5 Å². The molecule has 0 radical (unpaired) electrons. The largest absolute Gasteiger partial charge is 0.494 e. The van der Waals surface area contributed by atoms with Crippen LogP contribution in [-0.4, -0.2) is 38.3 Å². The summed E-state index contributed by atoms with van der Waals surface area (Å²) in [5.74, 6) is 0.957. The molecule has 1 amide bonds. The zero-order valence-corrected chi connectivity index (χ0v) is 28.5. The standard InChI is InChI=1S/C38H43ClN4O2/c1-22-11-9-12-29(17-22)21-42-20-25(4)43-36-32(14-15-33(39)35(36)34-27(6)40-41(8)28(34)7)31(37(43)38(42)44)13-10-16-45-30-18-23(2)26(5)24(3)19-30/h9,11-12,14-15,17-19,25H,10,13,16,20-21H2,1-8H3/t25-/m0/s1. The quantitative estimate of drug-likeness (QED) is 0.163. The molecule has 0 bridgehead atoms. The monoisotopic (exact) mass is 622 g/mol. The van der Waals surface area contributed by atoms with Gasteiger partial charge in [-0.05, 0) is 107 Å². The third-order valence-corrected chi connectivity index (χ3v) is 9.91. The maximum absolute atomic E-state index is 14.5. The molecule has 6 rings (SSSR count). The number of hydrogen-bond acceptors (Lipinski definition) is 3. The van der Waals surface area contributed by atoms with Gasteiger partial charge in [-0.2, -0.15) is 5.10 Å². The molecule has 3 aromatic carbocycles. The fourth-order valence-electron chi connectivity index (χ4n) is 7.06. The first-order valence-electron chi connectivity index (χ1n) is 15.9. The van der Waals surface area contributed by atoms with Crippen molar-refractivity contribution >= 4 is 28.4 Å². The van der Waals surface area contributed by atoms with Crippen LogP contribution in [0.2, 0.25) is 5.02 Å². The fourth-order valence-corrected chi connectivity index (χ4v) is 7.31. The van der Waals surface area contributed by atoms with E-state index in [9.17, 15) is 4.79 Å². The van der Waals surface area contributed by atoms with E-state index < -0.39 is 0 Å². The summed E-state index contributed by atoms with van der Waals surface area (Å²) in [5.41, 5.74) is 12.9. The summed E-state index contributed by atoms with van der Waals surface area (Å²) in [5, 5.41) is 6.46. The van der Waals surface area contributed by atoms with Crippen LogP contribution in [0.4, 0.5) is 0 Å². The van der Waals surface area contributed by atoms with Crippen LogP contribution in [0, 0.1) is 41.5 Å². The van der Waals surface area contributed by atoms with Crippen molar-refractivity contribution in [1.29, 1.82) is 0 Å². The van der Waals surface area contributed by atoms with Crippen molar-refractivity contribution < 1.29 is 9.53 Å². The molecule has 0 N–H and O–H groups in total. The van der Waals surface area contributed by atoms with E-state index in [1.807, 2.05) is 29.6 Å². The smallest absolute Gasteiger partial charge is 0.271 e. The number of amides is 1. The Morgan fingerprint density at radius 2 is 1.71 bits per heavy atom. The van der Waals surface area contributed by atoms with E-state index in [0.29, 0.717) is 31.1 Å². The Kier molecular flexibility index (Phi) is 8.30. The van der Waals surface area contributed by atoms with Gasteiger partial charge in [0.2, 0.25) is 0 Å². The normalized spacial score (nSPS) is 14.8. The molecule has 5 aromatic rings. The van der Waals surface area contributed by atoms with Gasteiger partial charge in [-0.15, -0.1) is 0 Å². The Morgan fingerprint density at radius 1 is 0.978 bits per heavy atom. The molecule has 0 unspecified atom stereocenters. The van der Waals surface area contributed by atoms with Gasteiger partial charge in [0.15, 0.2) is 0 Å².